The molecule has 3 nitrogen and oxygen atoms in total. The van der Waals surface area contributed by atoms with Gasteiger partial charge in [-0.3, -0.25) is 4.98 Å². The molecular weight excluding hydrogens is 352 g/mol. The summed E-state index contributed by atoms with van der Waals surface area (Å²) in [5.41, 5.74) is 3.31. The van der Waals surface area contributed by atoms with Crippen molar-refractivity contribution in [2.24, 2.45) is 0 Å². The fourth-order valence-corrected chi connectivity index (χ4v) is 3.51. The van der Waals surface area contributed by atoms with E-state index in [1.807, 2.05) is 19.2 Å². The minimum Gasteiger partial charge on any atom is -0.493 e. The van der Waals surface area contributed by atoms with E-state index in [4.69, 9.17) is 16.3 Å². The number of ether oxygens (including phenoxy) is 1. The molecule has 0 fully saturated rings. The average Bonchev–Trinajstić information content (AvgIpc) is 2.93. The summed E-state index contributed by atoms with van der Waals surface area (Å²) in [6.45, 7) is 0.757. The molecule has 0 saturated carbocycles. The summed E-state index contributed by atoms with van der Waals surface area (Å²) in [5.74, 6) is 1.02. The summed E-state index contributed by atoms with van der Waals surface area (Å²) >= 11 is 9.85. The molecule has 0 bridgehead atoms. The van der Waals surface area contributed by atoms with E-state index in [-0.39, 0.29) is 6.04 Å². The van der Waals surface area contributed by atoms with Gasteiger partial charge in [0.25, 0.3) is 0 Å². The van der Waals surface area contributed by atoms with Gasteiger partial charge in [-0.15, -0.1) is 0 Å². The van der Waals surface area contributed by atoms with Crippen LogP contribution in [0.2, 0.25) is 5.02 Å². The lowest BCUT2D eigenvalue weighted by atomic mass is 9.99. The topological polar surface area (TPSA) is 34.1 Å². The number of pyridine rings is 1. The molecular formula is C16H16BrClN2O. The largest absolute Gasteiger partial charge is 0.493 e. The molecule has 1 atom stereocenters. The molecule has 110 valence electrons. The average molecular weight is 368 g/mol. The highest BCUT2D eigenvalue weighted by Gasteiger charge is 2.22. The lowest BCUT2D eigenvalue weighted by Crippen LogP contribution is -2.20. The number of benzene rings is 1. The van der Waals surface area contributed by atoms with Crippen LogP contribution in [0.5, 0.6) is 5.75 Å². The molecule has 0 radical (unpaired) electrons. The molecule has 5 heteroatoms. The van der Waals surface area contributed by atoms with Gasteiger partial charge in [-0.05, 0) is 48.9 Å². The highest BCUT2D eigenvalue weighted by Crippen LogP contribution is 2.35. The SMILES string of the molecule is CNC(Cc1cc(Br)cc2c1OCC2)c1ncccc1Cl. The Morgan fingerprint density at radius 2 is 2.33 bits per heavy atom. The van der Waals surface area contributed by atoms with Crippen LogP contribution in [-0.4, -0.2) is 18.6 Å². The van der Waals surface area contributed by atoms with Crippen LogP contribution >= 0.6 is 27.5 Å². The zero-order valence-electron chi connectivity index (χ0n) is 11.7. The van der Waals surface area contributed by atoms with Crippen LogP contribution in [-0.2, 0) is 12.8 Å². The predicted octanol–water partition coefficient (Wildman–Crippen LogP) is 3.94. The number of nitrogens with one attached hydrogen (secondary N) is 1. The second kappa shape index (κ2) is 6.34. The maximum absolute atomic E-state index is 6.27. The fourth-order valence-electron chi connectivity index (χ4n) is 2.71. The van der Waals surface area contributed by atoms with Crippen LogP contribution in [0.3, 0.4) is 0 Å². The monoisotopic (exact) mass is 366 g/mol. The maximum atomic E-state index is 6.27. The Hall–Kier alpha value is -1.10. The van der Waals surface area contributed by atoms with Gasteiger partial charge in [0, 0.05) is 17.1 Å². The third-order valence-corrected chi connectivity index (χ3v) is 4.49. The lowest BCUT2D eigenvalue weighted by molar-refractivity contribution is 0.352. The zero-order valence-corrected chi connectivity index (χ0v) is 14.0. The number of nitrogens with zero attached hydrogens (tertiary/aromatic N) is 1. The first-order chi connectivity index (χ1) is 10.2. The van der Waals surface area contributed by atoms with Crippen molar-refractivity contribution in [1.82, 2.24) is 10.3 Å². The molecule has 1 N–H and O–H groups in total. The van der Waals surface area contributed by atoms with E-state index in [0.29, 0.717) is 5.02 Å². The Labute approximate surface area is 137 Å². The molecule has 0 amide bonds. The molecule has 2 heterocycles. The third-order valence-electron chi connectivity index (χ3n) is 3.71. The first-order valence-electron chi connectivity index (χ1n) is 6.91. The molecule has 3 rings (SSSR count). The van der Waals surface area contributed by atoms with Crippen LogP contribution in [0.25, 0.3) is 0 Å². The van der Waals surface area contributed by atoms with E-state index in [0.717, 1.165) is 35.4 Å². The molecule has 1 aromatic heterocycles. The van der Waals surface area contributed by atoms with Crippen LogP contribution in [0.1, 0.15) is 22.9 Å². The number of aromatic nitrogens is 1. The van der Waals surface area contributed by atoms with Crippen molar-refractivity contribution in [3.63, 3.8) is 0 Å². The van der Waals surface area contributed by atoms with Crippen molar-refractivity contribution < 1.29 is 4.74 Å². The number of hydrogen-bond acceptors (Lipinski definition) is 3. The highest BCUT2D eigenvalue weighted by atomic mass is 79.9. The Bertz CT molecular complexity index is 663. The maximum Gasteiger partial charge on any atom is 0.125 e. The summed E-state index contributed by atoms with van der Waals surface area (Å²) in [6.07, 6.45) is 3.53. The molecule has 21 heavy (non-hydrogen) atoms. The van der Waals surface area contributed by atoms with E-state index in [9.17, 15) is 0 Å². The molecule has 1 aliphatic rings. The van der Waals surface area contributed by atoms with Crippen molar-refractivity contribution in [2.45, 2.75) is 18.9 Å². The molecule has 1 aliphatic heterocycles. The van der Waals surface area contributed by atoms with Crippen molar-refractivity contribution in [3.8, 4) is 5.75 Å². The van der Waals surface area contributed by atoms with E-state index in [1.54, 1.807) is 6.20 Å². The quantitative estimate of drug-likeness (QED) is 0.889. The Balaban J connectivity index is 1.94. The number of fused-ring (bicyclic) bond motifs is 1. The van der Waals surface area contributed by atoms with Crippen LogP contribution in [0.15, 0.2) is 34.9 Å². The highest BCUT2D eigenvalue weighted by molar-refractivity contribution is 9.10. The molecule has 0 saturated heterocycles. The van der Waals surface area contributed by atoms with Gasteiger partial charge in [0.2, 0.25) is 0 Å². The molecule has 1 unspecified atom stereocenters. The van der Waals surface area contributed by atoms with Crippen LogP contribution in [0, 0.1) is 0 Å². The van der Waals surface area contributed by atoms with Crippen molar-refractivity contribution in [3.05, 3.63) is 56.8 Å². The van der Waals surface area contributed by atoms with Gasteiger partial charge in [0.1, 0.15) is 5.75 Å². The van der Waals surface area contributed by atoms with E-state index in [1.165, 1.54) is 11.1 Å². The number of likely N-dealkylation sites (N-methyl/N-ethyl adjacent to an activating group) is 1. The van der Waals surface area contributed by atoms with Gasteiger partial charge in [0.05, 0.1) is 23.4 Å². The normalized spacial score (nSPS) is 14.6. The van der Waals surface area contributed by atoms with Crippen molar-refractivity contribution >= 4 is 27.5 Å². The second-order valence-electron chi connectivity index (χ2n) is 5.07. The van der Waals surface area contributed by atoms with Gasteiger partial charge < -0.3 is 10.1 Å². The minimum absolute atomic E-state index is 0.0568. The van der Waals surface area contributed by atoms with Gasteiger partial charge in [-0.25, -0.2) is 0 Å². The third kappa shape index (κ3) is 3.07. The first-order valence-corrected chi connectivity index (χ1v) is 8.08. The first kappa shape index (κ1) is 14.8. The lowest BCUT2D eigenvalue weighted by Gasteiger charge is -2.18. The Morgan fingerprint density at radius 1 is 1.48 bits per heavy atom. The van der Waals surface area contributed by atoms with E-state index >= 15 is 0 Å². The minimum atomic E-state index is 0.0568. The summed E-state index contributed by atoms with van der Waals surface area (Å²) in [4.78, 5) is 4.41. The standard InChI is InChI=1S/C16H16BrClN2O/c1-19-14(15-13(18)3-2-5-20-15)9-11-8-12(17)7-10-4-6-21-16(10)11/h2-3,5,7-8,14,19H,4,6,9H2,1H3. The summed E-state index contributed by atoms with van der Waals surface area (Å²) in [7, 11) is 1.93. The van der Waals surface area contributed by atoms with Crippen molar-refractivity contribution in [2.75, 3.05) is 13.7 Å². The van der Waals surface area contributed by atoms with E-state index in [2.05, 4.69) is 38.4 Å². The summed E-state index contributed by atoms with van der Waals surface area (Å²) in [6, 6.07) is 8.02. The van der Waals surface area contributed by atoms with Gasteiger partial charge in [-0.1, -0.05) is 27.5 Å². The molecule has 0 spiro atoms. The van der Waals surface area contributed by atoms with Crippen LogP contribution < -0.4 is 10.1 Å². The molecule has 1 aromatic carbocycles. The van der Waals surface area contributed by atoms with Gasteiger partial charge in [0.15, 0.2) is 0 Å². The zero-order chi connectivity index (χ0) is 14.8. The summed E-state index contributed by atoms with van der Waals surface area (Å²) in [5, 5.41) is 3.99. The summed E-state index contributed by atoms with van der Waals surface area (Å²) < 4.78 is 6.88. The smallest absolute Gasteiger partial charge is 0.125 e. The van der Waals surface area contributed by atoms with E-state index < -0.39 is 0 Å². The molecule has 2 aromatic rings. The number of halogens is 2. The van der Waals surface area contributed by atoms with Crippen LogP contribution in [0.4, 0.5) is 0 Å². The fraction of sp³-hybridized carbons (Fsp3) is 0.312. The molecule has 0 aliphatic carbocycles. The predicted molar refractivity (Wildman–Crippen MR) is 88.1 cm³/mol. The Kier molecular flexibility index (Phi) is 4.48. The second-order valence-corrected chi connectivity index (χ2v) is 6.39. The van der Waals surface area contributed by atoms with Gasteiger partial charge in [-0.2, -0.15) is 0 Å². The number of rotatable bonds is 4. The van der Waals surface area contributed by atoms with Crippen molar-refractivity contribution in [1.29, 1.82) is 0 Å². The number of hydrogen-bond donors (Lipinski definition) is 1. The Morgan fingerprint density at radius 3 is 3.10 bits per heavy atom. The van der Waals surface area contributed by atoms with Gasteiger partial charge >= 0.3 is 0 Å².